The summed E-state index contributed by atoms with van der Waals surface area (Å²) >= 11 is 0. The standard InChI is InChI=1S/C17H15N5O/c1-12-19-16(14-9-5-6-10-18-14)22-17(20-12)21-15(23)11-13-7-3-2-4-8-13/h2-10H,11H2,1H3,(H,19,20,21,22,23). The predicted octanol–water partition coefficient (Wildman–Crippen LogP) is 2.42. The summed E-state index contributed by atoms with van der Waals surface area (Å²) in [6.07, 6.45) is 1.94. The van der Waals surface area contributed by atoms with Crippen LogP contribution < -0.4 is 5.32 Å². The third kappa shape index (κ3) is 3.94. The molecule has 2 aromatic heterocycles. The van der Waals surface area contributed by atoms with E-state index in [0.717, 1.165) is 5.56 Å². The summed E-state index contributed by atoms with van der Waals surface area (Å²) in [5.41, 5.74) is 1.57. The summed E-state index contributed by atoms with van der Waals surface area (Å²) in [6, 6.07) is 15.0. The van der Waals surface area contributed by atoms with Crippen molar-refractivity contribution in [2.45, 2.75) is 13.3 Å². The van der Waals surface area contributed by atoms with Gasteiger partial charge in [-0.3, -0.25) is 15.1 Å². The molecular formula is C17H15N5O. The normalized spacial score (nSPS) is 10.3. The lowest BCUT2D eigenvalue weighted by atomic mass is 10.1. The van der Waals surface area contributed by atoms with E-state index in [1.165, 1.54) is 0 Å². The minimum atomic E-state index is -0.172. The fourth-order valence-electron chi connectivity index (χ4n) is 2.10. The second-order valence-corrected chi connectivity index (χ2v) is 4.96. The fraction of sp³-hybridized carbons (Fsp3) is 0.118. The molecule has 0 radical (unpaired) electrons. The molecule has 0 saturated heterocycles. The zero-order valence-electron chi connectivity index (χ0n) is 12.6. The van der Waals surface area contributed by atoms with Crippen molar-refractivity contribution in [3.63, 3.8) is 0 Å². The van der Waals surface area contributed by atoms with Crippen LogP contribution in [0, 0.1) is 6.92 Å². The Bertz CT molecular complexity index is 806. The van der Waals surface area contributed by atoms with E-state index < -0.39 is 0 Å². The van der Waals surface area contributed by atoms with Crippen LogP contribution in [-0.4, -0.2) is 25.8 Å². The van der Waals surface area contributed by atoms with Crippen LogP contribution in [0.2, 0.25) is 0 Å². The van der Waals surface area contributed by atoms with Gasteiger partial charge in [-0.05, 0) is 24.6 Å². The smallest absolute Gasteiger partial charge is 0.233 e. The second-order valence-electron chi connectivity index (χ2n) is 4.96. The number of aromatic nitrogens is 4. The van der Waals surface area contributed by atoms with Crippen molar-refractivity contribution in [2.24, 2.45) is 0 Å². The molecule has 0 spiro atoms. The largest absolute Gasteiger partial charge is 0.294 e. The van der Waals surface area contributed by atoms with Crippen LogP contribution in [0.5, 0.6) is 0 Å². The van der Waals surface area contributed by atoms with Crippen molar-refractivity contribution in [1.82, 2.24) is 19.9 Å². The summed E-state index contributed by atoms with van der Waals surface area (Å²) in [5.74, 6) is 1.02. The number of aryl methyl sites for hydroxylation is 1. The molecule has 0 unspecified atom stereocenters. The first kappa shape index (κ1) is 14.8. The monoisotopic (exact) mass is 305 g/mol. The Labute approximate surface area is 133 Å². The average molecular weight is 305 g/mol. The fourth-order valence-corrected chi connectivity index (χ4v) is 2.10. The molecule has 114 valence electrons. The van der Waals surface area contributed by atoms with Crippen LogP contribution in [0.3, 0.4) is 0 Å². The van der Waals surface area contributed by atoms with Crippen LogP contribution in [0.15, 0.2) is 54.7 Å². The van der Waals surface area contributed by atoms with E-state index in [9.17, 15) is 4.79 Å². The molecule has 0 fully saturated rings. The van der Waals surface area contributed by atoms with Crippen molar-refractivity contribution in [1.29, 1.82) is 0 Å². The van der Waals surface area contributed by atoms with E-state index in [1.807, 2.05) is 48.5 Å². The first-order chi connectivity index (χ1) is 11.2. The van der Waals surface area contributed by atoms with Crippen LogP contribution in [-0.2, 0) is 11.2 Å². The van der Waals surface area contributed by atoms with Crippen LogP contribution in [0.1, 0.15) is 11.4 Å². The lowest BCUT2D eigenvalue weighted by Crippen LogP contribution is -2.17. The van der Waals surface area contributed by atoms with Gasteiger partial charge in [-0.25, -0.2) is 4.98 Å². The van der Waals surface area contributed by atoms with Gasteiger partial charge in [-0.1, -0.05) is 36.4 Å². The molecule has 23 heavy (non-hydrogen) atoms. The maximum absolute atomic E-state index is 12.1. The highest BCUT2D eigenvalue weighted by atomic mass is 16.1. The van der Waals surface area contributed by atoms with E-state index in [2.05, 4.69) is 25.3 Å². The first-order valence-corrected chi connectivity index (χ1v) is 7.18. The second kappa shape index (κ2) is 6.74. The van der Waals surface area contributed by atoms with Gasteiger partial charge in [0.2, 0.25) is 11.9 Å². The molecule has 0 bridgehead atoms. The quantitative estimate of drug-likeness (QED) is 0.800. The highest BCUT2D eigenvalue weighted by Gasteiger charge is 2.10. The molecule has 1 N–H and O–H groups in total. The summed E-state index contributed by atoms with van der Waals surface area (Å²) in [5, 5.41) is 2.71. The van der Waals surface area contributed by atoms with Crippen LogP contribution in [0.25, 0.3) is 11.5 Å². The van der Waals surface area contributed by atoms with E-state index in [-0.39, 0.29) is 18.3 Å². The molecule has 6 nitrogen and oxygen atoms in total. The Hall–Kier alpha value is -3.15. The van der Waals surface area contributed by atoms with Crippen molar-refractivity contribution in [3.05, 3.63) is 66.1 Å². The Kier molecular flexibility index (Phi) is 4.33. The Balaban J connectivity index is 1.78. The zero-order chi connectivity index (χ0) is 16.1. The minimum Gasteiger partial charge on any atom is -0.294 e. The third-order valence-electron chi connectivity index (χ3n) is 3.10. The minimum absolute atomic E-state index is 0.172. The molecular weight excluding hydrogens is 290 g/mol. The number of nitrogens with zero attached hydrogens (tertiary/aromatic N) is 4. The lowest BCUT2D eigenvalue weighted by molar-refractivity contribution is -0.115. The van der Waals surface area contributed by atoms with Crippen LogP contribution in [0.4, 0.5) is 5.95 Å². The first-order valence-electron chi connectivity index (χ1n) is 7.18. The third-order valence-corrected chi connectivity index (χ3v) is 3.10. The topological polar surface area (TPSA) is 80.7 Å². The number of hydrogen-bond donors (Lipinski definition) is 1. The van der Waals surface area contributed by atoms with E-state index in [0.29, 0.717) is 17.3 Å². The van der Waals surface area contributed by atoms with Gasteiger partial charge in [0.05, 0.1) is 6.42 Å². The van der Waals surface area contributed by atoms with Gasteiger partial charge >= 0.3 is 0 Å². The number of anilines is 1. The van der Waals surface area contributed by atoms with Crippen molar-refractivity contribution in [3.8, 4) is 11.5 Å². The zero-order valence-corrected chi connectivity index (χ0v) is 12.6. The Morgan fingerprint density at radius 1 is 1.00 bits per heavy atom. The molecule has 3 aromatic rings. The number of amides is 1. The number of carbonyl (C=O) groups is 1. The van der Waals surface area contributed by atoms with Crippen molar-refractivity contribution < 1.29 is 4.79 Å². The molecule has 3 rings (SSSR count). The van der Waals surface area contributed by atoms with Gasteiger partial charge < -0.3 is 0 Å². The van der Waals surface area contributed by atoms with Gasteiger partial charge in [0.25, 0.3) is 0 Å². The molecule has 0 aliphatic rings. The van der Waals surface area contributed by atoms with Crippen molar-refractivity contribution in [2.75, 3.05) is 5.32 Å². The van der Waals surface area contributed by atoms with Crippen molar-refractivity contribution >= 4 is 11.9 Å². The number of hydrogen-bond acceptors (Lipinski definition) is 5. The predicted molar refractivity (Wildman–Crippen MR) is 86.6 cm³/mol. The number of pyridine rings is 1. The van der Waals surface area contributed by atoms with Crippen LogP contribution >= 0.6 is 0 Å². The summed E-state index contributed by atoms with van der Waals surface area (Å²) in [6.45, 7) is 1.75. The molecule has 1 amide bonds. The summed E-state index contributed by atoms with van der Waals surface area (Å²) in [4.78, 5) is 29.0. The highest BCUT2D eigenvalue weighted by molar-refractivity contribution is 5.90. The molecule has 0 atom stereocenters. The number of benzene rings is 1. The van der Waals surface area contributed by atoms with Gasteiger partial charge in [0.1, 0.15) is 11.5 Å². The maximum Gasteiger partial charge on any atom is 0.233 e. The summed E-state index contributed by atoms with van der Waals surface area (Å²) in [7, 11) is 0. The molecule has 0 aliphatic heterocycles. The number of carbonyl (C=O) groups excluding carboxylic acids is 1. The number of rotatable bonds is 4. The van der Waals surface area contributed by atoms with E-state index >= 15 is 0 Å². The SMILES string of the molecule is Cc1nc(NC(=O)Cc2ccccc2)nc(-c2ccccn2)n1. The molecule has 0 saturated carbocycles. The van der Waals surface area contributed by atoms with Gasteiger partial charge in [-0.2, -0.15) is 9.97 Å². The van der Waals surface area contributed by atoms with E-state index in [1.54, 1.807) is 13.1 Å². The number of nitrogens with one attached hydrogen (secondary N) is 1. The molecule has 2 heterocycles. The summed E-state index contributed by atoms with van der Waals surface area (Å²) < 4.78 is 0. The Morgan fingerprint density at radius 2 is 1.78 bits per heavy atom. The van der Waals surface area contributed by atoms with Gasteiger partial charge in [-0.15, -0.1) is 0 Å². The molecule has 6 heteroatoms. The molecule has 0 aliphatic carbocycles. The van der Waals surface area contributed by atoms with Gasteiger partial charge in [0, 0.05) is 6.20 Å². The molecule has 1 aromatic carbocycles. The highest BCUT2D eigenvalue weighted by Crippen LogP contribution is 2.13. The van der Waals surface area contributed by atoms with E-state index in [4.69, 9.17) is 0 Å². The Morgan fingerprint density at radius 3 is 2.52 bits per heavy atom. The maximum atomic E-state index is 12.1. The van der Waals surface area contributed by atoms with Gasteiger partial charge in [0.15, 0.2) is 5.82 Å². The average Bonchev–Trinajstić information content (AvgIpc) is 2.56. The lowest BCUT2D eigenvalue weighted by Gasteiger charge is -2.06.